The Kier molecular flexibility index (Phi) is 9.83. The molecular weight excluding hydrogens is 790 g/mol. The quantitative estimate of drug-likeness (QED) is 0.171. The van der Waals surface area contributed by atoms with Gasteiger partial charge in [0.1, 0.15) is 5.82 Å². The number of benzene rings is 2. The molecule has 2 atom stereocenters. The Bertz CT molecular complexity index is 2610. The number of pyridine rings is 2. The molecule has 2 aromatic carbocycles. The van der Waals surface area contributed by atoms with Gasteiger partial charge in [-0.15, -0.1) is 0 Å². The Morgan fingerprint density at radius 1 is 0.918 bits per heavy atom. The van der Waals surface area contributed by atoms with Crippen molar-refractivity contribution in [1.29, 1.82) is 0 Å². The Morgan fingerprint density at radius 3 is 2.46 bits per heavy atom. The third-order valence-electron chi connectivity index (χ3n) is 13.3. The molecule has 7 heterocycles. The molecule has 1 aliphatic carbocycles. The average Bonchev–Trinajstić information content (AvgIpc) is 4.05. The van der Waals surface area contributed by atoms with Gasteiger partial charge in [0.2, 0.25) is 17.6 Å². The van der Waals surface area contributed by atoms with Crippen LogP contribution in [0.2, 0.25) is 0 Å². The van der Waals surface area contributed by atoms with E-state index in [1.807, 2.05) is 23.9 Å². The van der Waals surface area contributed by atoms with E-state index in [0.29, 0.717) is 54.0 Å². The summed E-state index contributed by atoms with van der Waals surface area (Å²) in [5, 5.41) is 14.9. The number of nitrogens with one attached hydrogen (secondary N) is 3. The summed E-state index contributed by atoms with van der Waals surface area (Å²) in [5.41, 5.74) is 3.87. The molecule has 1 unspecified atom stereocenters. The maximum absolute atomic E-state index is 15.3. The van der Waals surface area contributed by atoms with Crippen LogP contribution in [-0.2, 0) is 23.7 Å². The maximum atomic E-state index is 15.3. The third kappa shape index (κ3) is 7.29. The number of piperidine rings is 2. The largest absolute Gasteiger partial charge is 0.480 e. The lowest BCUT2D eigenvalue weighted by molar-refractivity contribution is -0.134. The number of para-hydroxylation sites is 1. The summed E-state index contributed by atoms with van der Waals surface area (Å²) in [6.45, 7) is 5.13. The number of carbonyl (C=O) groups excluding carboxylic acids is 2. The van der Waals surface area contributed by atoms with E-state index < -0.39 is 35.9 Å². The number of anilines is 5. The van der Waals surface area contributed by atoms with Gasteiger partial charge in [-0.05, 0) is 68.2 Å². The molecule has 320 valence electrons. The highest BCUT2D eigenvalue weighted by Crippen LogP contribution is 2.46. The van der Waals surface area contributed by atoms with Crippen molar-refractivity contribution in [2.24, 2.45) is 25.9 Å². The van der Waals surface area contributed by atoms with Gasteiger partial charge in [0, 0.05) is 88.9 Å². The maximum Gasteiger partial charge on any atom is 0.301 e. The van der Waals surface area contributed by atoms with Gasteiger partial charge in [-0.1, -0.05) is 12.1 Å². The molecular formula is C44H49F3N10O4. The number of aromatic nitrogens is 4. The molecule has 3 N–H and O–H groups in total. The number of imide groups is 1. The Morgan fingerprint density at radius 2 is 1.70 bits per heavy atom. The molecule has 1 saturated carbocycles. The van der Waals surface area contributed by atoms with Gasteiger partial charge in [0.15, 0.2) is 12.4 Å². The number of aryl methyl sites for hydroxylation is 2. The van der Waals surface area contributed by atoms with Gasteiger partial charge in [-0.25, -0.2) is 18.2 Å². The minimum Gasteiger partial charge on any atom is -0.480 e. The Labute approximate surface area is 350 Å². The predicted molar refractivity (Wildman–Crippen MR) is 227 cm³/mol. The van der Waals surface area contributed by atoms with E-state index in [1.165, 1.54) is 10.8 Å². The number of hydrogen-bond donors (Lipinski definition) is 3. The molecule has 5 aromatic rings. The minimum absolute atomic E-state index is 0.140. The third-order valence-corrected chi connectivity index (χ3v) is 13.3. The monoisotopic (exact) mass is 838 g/mol. The van der Waals surface area contributed by atoms with E-state index in [1.54, 1.807) is 31.3 Å². The van der Waals surface area contributed by atoms with Gasteiger partial charge in [-0.2, -0.15) is 5.10 Å². The number of amides is 2. The summed E-state index contributed by atoms with van der Waals surface area (Å²) < 4.78 is 54.4. The first-order chi connectivity index (χ1) is 29.4. The van der Waals surface area contributed by atoms with Gasteiger partial charge < -0.3 is 29.7 Å². The lowest BCUT2D eigenvalue weighted by Gasteiger charge is -2.40. The number of piperazine rings is 1. The van der Waals surface area contributed by atoms with Crippen molar-refractivity contribution < 1.29 is 27.5 Å². The van der Waals surface area contributed by atoms with Crippen LogP contribution in [0, 0.1) is 17.7 Å². The van der Waals surface area contributed by atoms with Crippen molar-refractivity contribution in [1.82, 2.24) is 29.5 Å². The van der Waals surface area contributed by atoms with Gasteiger partial charge in [-0.3, -0.25) is 29.3 Å². The Hall–Kier alpha value is -5.84. The van der Waals surface area contributed by atoms with Crippen LogP contribution in [0.1, 0.15) is 50.1 Å². The fourth-order valence-electron chi connectivity index (χ4n) is 9.83. The normalized spacial score (nSPS) is 22.4. The first-order valence-corrected chi connectivity index (χ1v) is 21.3. The fraction of sp³-hybridized carbons (Fsp3) is 0.477. The summed E-state index contributed by atoms with van der Waals surface area (Å²) in [6, 6.07) is 11.9. The van der Waals surface area contributed by atoms with E-state index in [9.17, 15) is 14.4 Å². The second-order valence-electron chi connectivity index (χ2n) is 17.4. The second-order valence-corrected chi connectivity index (χ2v) is 17.4. The van der Waals surface area contributed by atoms with Crippen molar-refractivity contribution in [2.45, 2.75) is 56.4 Å². The molecule has 0 spiro atoms. The minimum atomic E-state index is -3.15. The fourth-order valence-corrected chi connectivity index (χ4v) is 9.83. The van der Waals surface area contributed by atoms with Crippen LogP contribution >= 0.6 is 0 Å². The van der Waals surface area contributed by atoms with Crippen LogP contribution in [0.25, 0.3) is 21.8 Å². The van der Waals surface area contributed by atoms with E-state index in [2.05, 4.69) is 41.7 Å². The molecule has 0 radical (unpaired) electrons. The van der Waals surface area contributed by atoms with Crippen LogP contribution in [-0.4, -0.2) is 100 Å². The number of nitrogens with zero attached hydrogens (tertiary/aromatic N) is 7. The average molecular weight is 839 g/mol. The van der Waals surface area contributed by atoms with Crippen LogP contribution in [0.15, 0.2) is 53.5 Å². The molecule has 14 nitrogen and oxygen atoms in total. The molecule has 3 saturated heterocycles. The van der Waals surface area contributed by atoms with Gasteiger partial charge >= 0.3 is 5.92 Å². The molecule has 2 amide bonds. The summed E-state index contributed by atoms with van der Waals surface area (Å²) in [4.78, 5) is 49.2. The summed E-state index contributed by atoms with van der Waals surface area (Å²) in [7, 11) is 3.50. The molecule has 61 heavy (non-hydrogen) atoms. The molecule has 17 heteroatoms. The lowest BCUT2D eigenvalue weighted by atomic mass is 9.92. The topological polar surface area (TPSA) is 142 Å². The highest BCUT2D eigenvalue weighted by Gasteiger charge is 2.51. The van der Waals surface area contributed by atoms with Crippen molar-refractivity contribution >= 4 is 62.2 Å². The van der Waals surface area contributed by atoms with Gasteiger partial charge in [0.05, 0.1) is 51.9 Å². The first kappa shape index (κ1) is 39.3. The number of alkyl halides is 2. The summed E-state index contributed by atoms with van der Waals surface area (Å²) in [5.74, 6) is -3.78. The van der Waals surface area contributed by atoms with Crippen LogP contribution in [0.3, 0.4) is 0 Å². The van der Waals surface area contributed by atoms with E-state index in [4.69, 9.17) is 9.84 Å². The lowest BCUT2D eigenvalue weighted by Crippen LogP contribution is -2.49. The SMILES string of the molecule is Cn1nc(C2CCC(=O)NC2=O)c2cccc(N3CCC(CN4CCN(c5cc(Nc6ccc7c(c6)c6c(c(=O)n7C)OCC(F)(F)[C@H](C7CC7)N6)c(F)cn5)CC4)CC3)c21. The van der Waals surface area contributed by atoms with Crippen molar-refractivity contribution in [2.75, 3.05) is 72.9 Å². The first-order valence-electron chi connectivity index (χ1n) is 21.3. The Balaban J connectivity index is 0.777. The molecule has 10 rings (SSSR count). The highest BCUT2D eigenvalue weighted by atomic mass is 19.3. The number of carbonyl (C=O) groups is 2. The summed E-state index contributed by atoms with van der Waals surface area (Å²) in [6.07, 6.45) is 5.45. The standard InChI is InChI=1S/C44H49F3N10O4/c1-53-33-10-8-27(20-30(33)38-40(43(53)60)61-24-44(46,47)41(51-38)26-6-7-26)49-32-21-35(48-22-31(32)45)57-18-16-55(17-19-57)23-25-12-14-56(15-13-25)34-5-3-4-28-37(52-54(2)39(28)34)29-9-11-36(58)50-42(29)59/h3-5,8,10,20-22,25-26,29,41,51H,6-7,9,11-19,23-24H2,1-2H3,(H,48,49)(H,50,58,59)/t29?,41-/m0/s1. The highest BCUT2D eigenvalue weighted by molar-refractivity contribution is 6.04. The summed E-state index contributed by atoms with van der Waals surface area (Å²) >= 11 is 0. The number of hydrogen-bond acceptors (Lipinski definition) is 11. The zero-order chi connectivity index (χ0) is 42.2. The zero-order valence-corrected chi connectivity index (χ0v) is 34.2. The van der Waals surface area contributed by atoms with E-state index >= 15 is 13.2 Å². The van der Waals surface area contributed by atoms with Gasteiger partial charge in [0.25, 0.3) is 5.56 Å². The van der Waals surface area contributed by atoms with Crippen LogP contribution in [0.5, 0.6) is 5.75 Å². The molecule has 4 aliphatic heterocycles. The van der Waals surface area contributed by atoms with Crippen LogP contribution < -0.4 is 36.0 Å². The number of fused-ring (bicyclic) bond motifs is 4. The molecule has 5 aliphatic rings. The van der Waals surface area contributed by atoms with Crippen LogP contribution in [0.4, 0.5) is 41.7 Å². The van der Waals surface area contributed by atoms with E-state index in [-0.39, 0.29) is 34.9 Å². The van der Waals surface area contributed by atoms with Crippen molar-refractivity contribution in [3.05, 3.63) is 70.5 Å². The zero-order valence-electron chi connectivity index (χ0n) is 34.2. The van der Waals surface area contributed by atoms with E-state index in [0.717, 1.165) is 80.9 Å². The molecule has 0 bridgehead atoms. The number of halogens is 3. The molecule has 3 aromatic heterocycles. The second kappa shape index (κ2) is 15.3. The number of rotatable bonds is 8. The smallest absolute Gasteiger partial charge is 0.301 e. The van der Waals surface area contributed by atoms with Crippen molar-refractivity contribution in [3.8, 4) is 5.75 Å². The number of ether oxygens (including phenoxy) is 1. The van der Waals surface area contributed by atoms with Crippen molar-refractivity contribution in [3.63, 3.8) is 0 Å². The molecule has 4 fully saturated rings. The predicted octanol–water partition coefficient (Wildman–Crippen LogP) is 5.48.